The molecule has 51 heavy (non-hydrogen) atoms. The smallest absolute Gasteiger partial charge is 0.428 e. The molecule has 0 aromatic carbocycles. The van der Waals surface area contributed by atoms with Gasteiger partial charge in [0.1, 0.15) is 11.2 Å². The number of ether oxygens (including phenoxy) is 3. The van der Waals surface area contributed by atoms with Crippen LogP contribution in [-0.4, -0.2) is 23.5 Å². The lowest BCUT2D eigenvalue weighted by Gasteiger charge is -2.31. The molecule has 0 aromatic rings. The van der Waals surface area contributed by atoms with Gasteiger partial charge in [-0.3, -0.25) is 0 Å². The minimum atomic E-state index is -0.900. The van der Waals surface area contributed by atoms with Crippen LogP contribution in [0.5, 0.6) is 0 Å². The van der Waals surface area contributed by atoms with Crippen molar-refractivity contribution in [2.45, 2.75) is 284 Å². The molecule has 0 rings (SSSR count). The van der Waals surface area contributed by atoms with Gasteiger partial charge in [-0.05, 0) is 65.2 Å². The van der Waals surface area contributed by atoms with E-state index < -0.39 is 23.5 Å². The fourth-order valence-corrected chi connectivity index (χ4v) is 7.50. The van der Waals surface area contributed by atoms with Crippen molar-refractivity contribution in [2.75, 3.05) is 0 Å². The van der Waals surface area contributed by atoms with Crippen LogP contribution >= 0.6 is 0 Å². The van der Waals surface area contributed by atoms with Crippen molar-refractivity contribution in [3.05, 3.63) is 0 Å². The van der Waals surface area contributed by atoms with Crippen LogP contribution in [0, 0.1) is 0 Å². The normalized spacial score (nSPS) is 12.0. The number of hydrogen-bond acceptors (Lipinski definition) is 5. The molecule has 0 aliphatic heterocycles. The van der Waals surface area contributed by atoms with Crippen molar-refractivity contribution < 1.29 is 23.8 Å². The number of hydrogen-bond donors (Lipinski definition) is 0. The van der Waals surface area contributed by atoms with Gasteiger partial charge in [0.25, 0.3) is 0 Å². The third-order valence-electron chi connectivity index (χ3n) is 11.1. The Morgan fingerprint density at radius 2 is 0.490 bits per heavy atom. The summed E-state index contributed by atoms with van der Waals surface area (Å²) in [5.41, 5.74) is -1.25. The van der Waals surface area contributed by atoms with E-state index in [4.69, 9.17) is 14.2 Å². The molecule has 0 spiro atoms. The van der Waals surface area contributed by atoms with Crippen LogP contribution in [0.15, 0.2) is 0 Å². The van der Waals surface area contributed by atoms with Crippen LogP contribution in [0.3, 0.4) is 0 Å². The summed E-state index contributed by atoms with van der Waals surface area (Å²) in [5.74, 6) is 0. The zero-order valence-corrected chi connectivity index (χ0v) is 35.5. The summed E-state index contributed by atoms with van der Waals surface area (Å²) in [6.07, 6.45) is 41.1. The zero-order valence-electron chi connectivity index (χ0n) is 35.5. The monoisotopic (exact) mass is 723 g/mol. The maximum Gasteiger partial charge on any atom is 0.519 e. The molecule has 0 heterocycles. The lowest BCUT2D eigenvalue weighted by atomic mass is 9.91. The fraction of sp³-hybridized carbons (Fsp3) is 0.957. The molecule has 5 heteroatoms. The van der Waals surface area contributed by atoms with Crippen LogP contribution in [0.25, 0.3) is 0 Å². The molecule has 0 amide bonds. The van der Waals surface area contributed by atoms with Crippen molar-refractivity contribution in [2.24, 2.45) is 0 Å². The van der Waals surface area contributed by atoms with E-state index in [-0.39, 0.29) is 0 Å². The lowest BCUT2D eigenvalue weighted by molar-refractivity contribution is -0.0580. The highest BCUT2D eigenvalue weighted by molar-refractivity contribution is 5.77. The Morgan fingerprint density at radius 1 is 0.314 bits per heavy atom. The molecule has 0 bridgehead atoms. The Hall–Kier alpha value is -1.26. The van der Waals surface area contributed by atoms with Gasteiger partial charge in [0.15, 0.2) is 0 Å². The first-order valence-corrected chi connectivity index (χ1v) is 22.9. The first-order valence-electron chi connectivity index (χ1n) is 22.9. The van der Waals surface area contributed by atoms with Crippen molar-refractivity contribution in [1.29, 1.82) is 0 Å². The van der Waals surface area contributed by atoms with E-state index in [1.807, 2.05) is 13.8 Å². The summed E-state index contributed by atoms with van der Waals surface area (Å²) in [4.78, 5) is 26.2. The zero-order chi connectivity index (χ0) is 37.7. The fourth-order valence-electron chi connectivity index (χ4n) is 7.50. The second-order valence-corrected chi connectivity index (χ2v) is 16.6. The highest BCUT2D eigenvalue weighted by atomic mass is 16.8. The molecule has 0 aromatic heterocycles. The van der Waals surface area contributed by atoms with Gasteiger partial charge in [-0.2, -0.15) is 0 Å². The van der Waals surface area contributed by atoms with Crippen molar-refractivity contribution in [3.63, 3.8) is 0 Å². The second-order valence-electron chi connectivity index (χ2n) is 16.6. The van der Waals surface area contributed by atoms with Gasteiger partial charge in [-0.25, -0.2) is 9.59 Å². The molecule has 304 valence electrons. The van der Waals surface area contributed by atoms with Crippen LogP contribution < -0.4 is 0 Å². The van der Waals surface area contributed by atoms with Crippen LogP contribution in [0.2, 0.25) is 0 Å². The third-order valence-corrected chi connectivity index (χ3v) is 11.1. The molecular formula is C46H90O5. The van der Waals surface area contributed by atoms with E-state index in [2.05, 4.69) is 27.7 Å². The van der Waals surface area contributed by atoms with Crippen LogP contribution in [-0.2, 0) is 14.2 Å². The number of carbonyl (C=O) groups is 2. The summed E-state index contributed by atoms with van der Waals surface area (Å²) in [7, 11) is 0. The SMILES string of the molecule is CCCCCCCCCCC(C)(CCCCCCCCCC)OC(=O)OC(=O)OC(C)(CCCCCCCCCC)CCCCCCCCCC. The lowest BCUT2D eigenvalue weighted by Crippen LogP contribution is -2.36. The van der Waals surface area contributed by atoms with Crippen molar-refractivity contribution in [3.8, 4) is 0 Å². The van der Waals surface area contributed by atoms with E-state index in [1.165, 1.54) is 154 Å². The summed E-state index contributed by atoms with van der Waals surface area (Å²) in [6.45, 7) is 13.1. The quantitative estimate of drug-likeness (QED) is 0.0361. The summed E-state index contributed by atoms with van der Waals surface area (Å²) in [5, 5.41) is 0. The number of carbonyl (C=O) groups excluding carboxylic acids is 2. The largest absolute Gasteiger partial charge is 0.519 e. The van der Waals surface area contributed by atoms with Gasteiger partial charge >= 0.3 is 12.3 Å². The van der Waals surface area contributed by atoms with Crippen LogP contribution in [0.1, 0.15) is 273 Å². The van der Waals surface area contributed by atoms with Crippen molar-refractivity contribution in [1.82, 2.24) is 0 Å². The minimum absolute atomic E-state index is 0.626. The molecule has 0 aliphatic carbocycles. The molecule has 0 saturated carbocycles. The Bertz CT molecular complexity index is 663. The first-order chi connectivity index (χ1) is 24.7. The molecule has 0 fully saturated rings. The molecular weight excluding hydrogens is 633 g/mol. The van der Waals surface area contributed by atoms with Gasteiger partial charge in [0.2, 0.25) is 0 Å². The van der Waals surface area contributed by atoms with Crippen molar-refractivity contribution >= 4 is 12.3 Å². The average Bonchev–Trinajstić information content (AvgIpc) is 3.09. The predicted molar refractivity (Wildman–Crippen MR) is 220 cm³/mol. The topological polar surface area (TPSA) is 61.8 Å². The average molecular weight is 723 g/mol. The number of unbranched alkanes of at least 4 members (excludes halogenated alkanes) is 28. The van der Waals surface area contributed by atoms with E-state index in [9.17, 15) is 9.59 Å². The summed E-state index contributed by atoms with van der Waals surface area (Å²) in [6, 6.07) is 0. The molecule has 0 saturated heterocycles. The molecule has 0 N–H and O–H groups in total. The summed E-state index contributed by atoms with van der Waals surface area (Å²) < 4.78 is 17.2. The highest BCUT2D eigenvalue weighted by Gasteiger charge is 2.33. The Labute approximate surface area is 319 Å². The molecule has 0 aliphatic rings. The second kappa shape index (κ2) is 35.8. The Balaban J connectivity index is 5.07. The third kappa shape index (κ3) is 33.1. The first kappa shape index (κ1) is 49.7. The van der Waals surface area contributed by atoms with Crippen LogP contribution in [0.4, 0.5) is 9.59 Å². The number of rotatable bonds is 38. The van der Waals surface area contributed by atoms with Gasteiger partial charge in [-0.15, -0.1) is 0 Å². The van der Waals surface area contributed by atoms with E-state index >= 15 is 0 Å². The van der Waals surface area contributed by atoms with E-state index in [0.29, 0.717) is 0 Å². The van der Waals surface area contributed by atoms with E-state index in [1.54, 1.807) is 0 Å². The molecule has 5 nitrogen and oxygen atoms in total. The van der Waals surface area contributed by atoms with E-state index in [0.717, 1.165) is 77.0 Å². The maximum atomic E-state index is 13.1. The van der Waals surface area contributed by atoms with Gasteiger partial charge in [-0.1, -0.05) is 207 Å². The highest BCUT2D eigenvalue weighted by Crippen LogP contribution is 2.30. The van der Waals surface area contributed by atoms with Gasteiger partial charge in [0, 0.05) is 0 Å². The Morgan fingerprint density at radius 3 is 0.686 bits per heavy atom. The molecule has 0 unspecified atom stereocenters. The molecule has 0 atom stereocenters. The maximum absolute atomic E-state index is 13.1. The molecule has 0 radical (unpaired) electrons. The van der Waals surface area contributed by atoms with Gasteiger partial charge in [0.05, 0.1) is 0 Å². The predicted octanol–water partition coefficient (Wildman–Crippen LogP) is 16.9. The Kier molecular flexibility index (Phi) is 34.9. The standard InChI is InChI=1S/C46H90O5/c1-7-11-15-19-23-27-31-35-39-45(5,40-36-32-28-24-20-16-12-8-2)50-43(47)49-44(48)51-46(6,41-37-33-29-25-21-17-13-9-3)42-38-34-30-26-22-18-14-10-4/h7-42H2,1-6H3. The van der Waals surface area contributed by atoms with Gasteiger partial charge < -0.3 is 14.2 Å². The minimum Gasteiger partial charge on any atom is -0.428 e. The summed E-state index contributed by atoms with van der Waals surface area (Å²) >= 11 is 0.